The van der Waals surface area contributed by atoms with E-state index < -0.39 is 36.2 Å². The lowest BCUT2D eigenvalue weighted by molar-refractivity contribution is -0.138. The Kier molecular flexibility index (Phi) is 11.1. The van der Waals surface area contributed by atoms with Gasteiger partial charge in [0.05, 0.1) is 0 Å². The summed E-state index contributed by atoms with van der Waals surface area (Å²) in [5.74, 6) is -1.82. The molecule has 3 N–H and O–H groups in total. The Morgan fingerprint density at radius 2 is 1.68 bits per heavy atom. The molecule has 0 aliphatic rings. The first-order chi connectivity index (χ1) is 10.1. The molecule has 0 fully saturated rings. The first-order valence-electron chi connectivity index (χ1n) is 7.55. The molecule has 0 aliphatic carbocycles. The number of alkyl carbamates (subject to hydrolysis) is 1. The fourth-order valence-corrected chi connectivity index (χ4v) is 1.41. The lowest BCUT2D eigenvalue weighted by Crippen LogP contribution is -2.52. The van der Waals surface area contributed by atoms with Crippen molar-refractivity contribution < 1.29 is 24.2 Å². The van der Waals surface area contributed by atoms with Crippen molar-refractivity contribution >= 4 is 18.0 Å². The van der Waals surface area contributed by atoms with Crippen LogP contribution >= 0.6 is 0 Å². The Labute approximate surface area is 132 Å². The van der Waals surface area contributed by atoms with E-state index >= 15 is 0 Å². The van der Waals surface area contributed by atoms with Crippen molar-refractivity contribution in [3.63, 3.8) is 0 Å². The van der Waals surface area contributed by atoms with Crippen molar-refractivity contribution in [2.24, 2.45) is 5.92 Å². The Balaban J connectivity index is 0. The second-order valence-corrected chi connectivity index (χ2v) is 5.62. The van der Waals surface area contributed by atoms with E-state index in [9.17, 15) is 14.4 Å². The summed E-state index contributed by atoms with van der Waals surface area (Å²) >= 11 is 0. The number of rotatable bonds is 6. The molecule has 0 radical (unpaired) electrons. The number of carbonyl (C=O) groups is 3. The van der Waals surface area contributed by atoms with Crippen LogP contribution in [-0.2, 0) is 14.3 Å². The van der Waals surface area contributed by atoms with Crippen molar-refractivity contribution in [1.82, 2.24) is 10.6 Å². The Bertz CT molecular complexity index is 363. The minimum Gasteiger partial charge on any atom is -0.480 e. The molecule has 0 rings (SSSR count). The highest BCUT2D eigenvalue weighted by Gasteiger charge is 2.28. The molecule has 0 saturated carbocycles. The smallest absolute Gasteiger partial charge is 0.408 e. The SMILES string of the molecule is CC.CCC(C)C(NC(=O)OC(C)(C)C)C(=O)NCC(=O)O. The van der Waals surface area contributed by atoms with E-state index in [-0.39, 0.29) is 5.92 Å². The van der Waals surface area contributed by atoms with Crippen LogP contribution in [0, 0.1) is 5.92 Å². The molecule has 0 aromatic carbocycles. The normalized spacial score (nSPS) is 13.0. The predicted octanol–water partition coefficient (Wildman–Crippen LogP) is 2.15. The Morgan fingerprint density at radius 3 is 2.05 bits per heavy atom. The van der Waals surface area contributed by atoms with Crippen molar-refractivity contribution in [1.29, 1.82) is 0 Å². The van der Waals surface area contributed by atoms with Crippen molar-refractivity contribution in [2.45, 2.75) is 66.5 Å². The van der Waals surface area contributed by atoms with E-state index in [2.05, 4.69) is 10.6 Å². The van der Waals surface area contributed by atoms with Crippen LogP contribution in [-0.4, -0.2) is 41.3 Å². The summed E-state index contributed by atoms with van der Waals surface area (Å²) in [5, 5.41) is 13.3. The predicted molar refractivity (Wildman–Crippen MR) is 84.6 cm³/mol. The number of ether oxygens (including phenoxy) is 1. The fraction of sp³-hybridized carbons (Fsp3) is 0.800. The molecular formula is C15H30N2O5. The van der Waals surface area contributed by atoms with Gasteiger partial charge in [0.2, 0.25) is 5.91 Å². The van der Waals surface area contributed by atoms with Gasteiger partial charge in [-0.2, -0.15) is 0 Å². The minimum absolute atomic E-state index is 0.142. The zero-order valence-corrected chi connectivity index (χ0v) is 14.6. The number of carbonyl (C=O) groups excluding carboxylic acids is 2. The number of carboxylic acids is 1. The maximum absolute atomic E-state index is 11.9. The zero-order chi connectivity index (χ0) is 17.9. The zero-order valence-electron chi connectivity index (χ0n) is 14.6. The van der Waals surface area contributed by atoms with Crippen LogP contribution in [0.1, 0.15) is 54.9 Å². The largest absolute Gasteiger partial charge is 0.480 e. The van der Waals surface area contributed by atoms with E-state index in [0.717, 1.165) is 0 Å². The second kappa shape index (κ2) is 10.9. The highest BCUT2D eigenvalue weighted by molar-refractivity contribution is 5.88. The monoisotopic (exact) mass is 318 g/mol. The summed E-state index contributed by atoms with van der Waals surface area (Å²) in [6.45, 7) is 12.3. The standard InChI is InChI=1S/C13H24N2O5.C2H6/c1-6-8(2)10(11(18)14-7-9(16)17)15-12(19)20-13(3,4)5;1-2/h8,10H,6-7H2,1-5H3,(H,14,18)(H,15,19)(H,16,17);1-2H3. The Morgan fingerprint density at radius 1 is 1.18 bits per heavy atom. The van der Waals surface area contributed by atoms with E-state index in [4.69, 9.17) is 9.84 Å². The van der Waals surface area contributed by atoms with Gasteiger partial charge in [-0.25, -0.2) is 4.79 Å². The highest BCUT2D eigenvalue weighted by atomic mass is 16.6. The van der Waals surface area contributed by atoms with Gasteiger partial charge in [0.15, 0.2) is 0 Å². The quantitative estimate of drug-likeness (QED) is 0.696. The Hall–Kier alpha value is -1.79. The summed E-state index contributed by atoms with van der Waals surface area (Å²) in [5.41, 5.74) is -0.665. The van der Waals surface area contributed by atoms with Gasteiger partial charge in [0.1, 0.15) is 18.2 Å². The number of hydrogen-bond donors (Lipinski definition) is 3. The van der Waals surface area contributed by atoms with Crippen molar-refractivity contribution in [3.8, 4) is 0 Å². The molecule has 0 aromatic rings. The van der Waals surface area contributed by atoms with Crippen LogP contribution in [0.25, 0.3) is 0 Å². The highest BCUT2D eigenvalue weighted by Crippen LogP contribution is 2.11. The molecule has 22 heavy (non-hydrogen) atoms. The number of amides is 2. The third-order valence-corrected chi connectivity index (χ3v) is 2.58. The van der Waals surface area contributed by atoms with E-state index in [1.165, 1.54) is 0 Å². The molecular weight excluding hydrogens is 288 g/mol. The first kappa shape index (κ1) is 22.5. The number of hydrogen-bond acceptors (Lipinski definition) is 4. The fourth-order valence-electron chi connectivity index (χ4n) is 1.41. The van der Waals surface area contributed by atoms with Gasteiger partial charge in [0, 0.05) is 0 Å². The van der Waals surface area contributed by atoms with Gasteiger partial charge in [-0.15, -0.1) is 0 Å². The molecule has 0 heterocycles. The summed E-state index contributed by atoms with van der Waals surface area (Å²) in [4.78, 5) is 34.1. The molecule has 7 nitrogen and oxygen atoms in total. The van der Waals surface area contributed by atoms with Crippen LogP contribution in [0.15, 0.2) is 0 Å². The van der Waals surface area contributed by atoms with Crippen LogP contribution in [0.5, 0.6) is 0 Å². The van der Waals surface area contributed by atoms with Crippen molar-refractivity contribution in [2.75, 3.05) is 6.54 Å². The van der Waals surface area contributed by atoms with Gasteiger partial charge < -0.3 is 20.5 Å². The summed E-state index contributed by atoms with van der Waals surface area (Å²) in [6.07, 6.45) is -0.0469. The first-order valence-corrected chi connectivity index (χ1v) is 7.55. The van der Waals surface area contributed by atoms with Gasteiger partial charge in [0.25, 0.3) is 0 Å². The summed E-state index contributed by atoms with van der Waals surface area (Å²) in [6, 6.07) is -0.825. The molecule has 0 saturated heterocycles. The molecule has 130 valence electrons. The van der Waals surface area contributed by atoms with E-state index in [0.29, 0.717) is 6.42 Å². The van der Waals surface area contributed by atoms with Crippen LogP contribution in [0.3, 0.4) is 0 Å². The molecule has 7 heteroatoms. The lowest BCUT2D eigenvalue weighted by Gasteiger charge is -2.26. The maximum atomic E-state index is 11.9. The summed E-state index contributed by atoms with van der Waals surface area (Å²) in [7, 11) is 0. The minimum atomic E-state index is -1.14. The third-order valence-electron chi connectivity index (χ3n) is 2.58. The van der Waals surface area contributed by atoms with E-state index in [1.807, 2.05) is 20.8 Å². The second-order valence-electron chi connectivity index (χ2n) is 5.62. The summed E-state index contributed by atoms with van der Waals surface area (Å²) < 4.78 is 5.09. The van der Waals surface area contributed by atoms with Crippen molar-refractivity contribution in [3.05, 3.63) is 0 Å². The average molecular weight is 318 g/mol. The molecule has 2 atom stereocenters. The lowest BCUT2D eigenvalue weighted by atomic mass is 9.98. The van der Waals surface area contributed by atoms with Gasteiger partial charge in [-0.1, -0.05) is 34.1 Å². The van der Waals surface area contributed by atoms with Gasteiger partial charge >= 0.3 is 12.1 Å². The topological polar surface area (TPSA) is 105 Å². The van der Waals surface area contributed by atoms with E-state index in [1.54, 1.807) is 27.7 Å². The third kappa shape index (κ3) is 10.9. The van der Waals surface area contributed by atoms with Crippen LogP contribution in [0.2, 0.25) is 0 Å². The number of nitrogens with one attached hydrogen (secondary N) is 2. The van der Waals surface area contributed by atoms with Crippen LogP contribution < -0.4 is 10.6 Å². The number of aliphatic carboxylic acids is 1. The molecule has 0 aliphatic heterocycles. The molecule has 0 spiro atoms. The average Bonchev–Trinajstić information content (AvgIpc) is 2.41. The number of carboxylic acid groups (broad SMARTS) is 1. The maximum Gasteiger partial charge on any atom is 0.408 e. The molecule has 0 aromatic heterocycles. The molecule has 2 amide bonds. The van der Waals surface area contributed by atoms with Crippen LogP contribution in [0.4, 0.5) is 4.79 Å². The molecule has 2 unspecified atom stereocenters. The van der Waals surface area contributed by atoms with Gasteiger partial charge in [-0.05, 0) is 26.7 Å². The molecule has 0 bridgehead atoms. The van der Waals surface area contributed by atoms with Gasteiger partial charge in [-0.3, -0.25) is 9.59 Å².